The molecule has 0 spiro atoms. The first-order chi connectivity index (χ1) is 20.2. The molecule has 5 aromatic rings. The van der Waals surface area contributed by atoms with Crippen molar-refractivity contribution < 1.29 is 23.1 Å². The second kappa shape index (κ2) is 10.7. The maximum absolute atomic E-state index is 14.2. The highest BCUT2D eigenvalue weighted by Crippen LogP contribution is 2.28. The molecule has 4 aromatic heterocycles. The van der Waals surface area contributed by atoms with Crippen molar-refractivity contribution >= 4 is 28.6 Å². The van der Waals surface area contributed by atoms with Gasteiger partial charge in [-0.2, -0.15) is 0 Å². The van der Waals surface area contributed by atoms with Crippen LogP contribution >= 0.6 is 0 Å². The van der Waals surface area contributed by atoms with Crippen molar-refractivity contribution in [2.75, 3.05) is 7.11 Å². The molecule has 0 atom stereocenters. The van der Waals surface area contributed by atoms with Crippen molar-refractivity contribution in [2.24, 2.45) is 0 Å². The van der Waals surface area contributed by atoms with Gasteiger partial charge in [-0.3, -0.25) is 14.2 Å². The highest BCUT2D eigenvalue weighted by molar-refractivity contribution is 5.93. The number of rotatable bonds is 5. The minimum absolute atomic E-state index is 0.0436. The van der Waals surface area contributed by atoms with Crippen LogP contribution in [0.5, 0.6) is 0 Å². The number of hydrogen-bond acceptors (Lipinski definition) is 7. The van der Waals surface area contributed by atoms with Gasteiger partial charge in [0.05, 0.1) is 29.9 Å². The van der Waals surface area contributed by atoms with Gasteiger partial charge >= 0.3 is 11.7 Å². The summed E-state index contributed by atoms with van der Waals surface area (Å²) in [5.74, 6) is -2.22. The number of pyridine rings is 2. The largest absolute Gasteiger partial charge is 0.465 e. The van der Waals surface area contributed by atoms with E-state index in [1.807, 2.05) is 0 Å². The molecule has 11 nitrogen and oxygen atoms in total. The third-order valence-electron chi connectivity index (χ3n) is 7.46. The number of fused-ring (bicyclic) bond motifs is 2. The molecule has 0 radical (unpaired) electrons. The number of ether oxygens (including phenoxy) is 1. The molecule has 1 fully saturated rings. The van der Waals surface area contributed by atoms with Gasteiger partial charge in [0, 0.05) is 24.5 Å². The molecule has 1 N–H and O–H groups in total. The van der Waals surface area contributed by atoms with Crippen molar-refractivity contribution in [3.05, 3.63) is 105 Å². The minimum Gasteiger partial charge on any atom is -0.465 e. The van der Waals surface area contributed by atoms with Crippen LogP contribution in [-0.2, 0) is 4.74 Å². The molecule has 0 aliphatic heterocycles. The Morgan fingerprint density at radius 2 is 1.79 bits per heavy atom. The maximum Gasteiger partial charge on any atom is 0.337 e. The zero-order valence-electron chi connectivity index (χ0n) is 22.3. The topological polar surface area (TPSA) is 130 Å². The van der Waals surface area contributed by atoms with E-state index in [0.717, 1.165) is 16.8 Å². The van der Waals surface area contributed by atoms with Crippen LogP contribution in [0, 0.1) is 11.6 Å². The van der Waals surface area contributed by atoms with Crippen LogP contribution in [0.2, 0.25) is 0 Å². The van der Waals surface area contributed by atoms with Gasteiger partial charge < -0.3 is 14.5 Å². The number of halogens is 2. The molecule has 13 heteroatoms. The van der Waals surface area contributed by atoms with Crippen LogP contribution in [0.25, 0.3) is 22.4 Å². The van der Waals surface area contributed by atoms with Gasteiger partial charge in [0.1, 0.15) is 23.0 Å². The molecule has 0 saturated heterocycles. The summed E-state index contributed by atoms with van der Waals surface area (Å²) < 4.78 is 36.2. The lowest BCUT2D eigenvalue weighted by molar-refractivity contribution is 0.0600. The molecule has 0 unspecified atom stereocenters. The zero-order chi connectivity index (χ0) is 29.5. The first-order valence-electron chi connectivity index (χ1n) is 13.2. The molecule has 0 bridgehead atoms. The fraction of sp³-hybridized carbons (Fsp3) is 0.241. The molecule has 1 aliphatic rings. The average Bonchev–Trinajstić information content (AvgIpc) is 3.42. The monoisotopic (exact) mass is 574 g/mol. The van der Waals surface area contributed by atoms with Crippen LogP contribution in [0.4, 0.5) is 8.78 Å². The fourth-order valence-corrected chi connectivity index (χ4v) is 5.44. The predicted octanol–water partition coefficient (Wildman–Crippen LogP) is 3.17. The SMILES string of the molecule is COC(=O)c1cccc(-n2c(=O)n(C3CCC(NC(=O)c4cn5cc(F)ccc5n4)CC3)c(=O)c3cc(F)cnc32)c1. The van der Waals surface area contributed by atoms with Gasteiger partial charge in [0.15, 0.2) is 5.65 Å². The Kier molecular flexibility index (Phi) is 6.85. The summed E-state index contributed by atoms with van der Waals surface area (Å²) in [6.07, 6.45) is 5.27. The Labute approximate surface area is 236 Å². The summed E-state index contributed by atoms with van der Waals surface area (Å²) in [5.41, 5.74) is -0.390. The molecule has 1 aromatic carbocycles. The average molecular weight is 575 g/mol. The first kappa shape index (κ1) is 27.0. The zero-order valence-corrected chi connectivity index (χ0v) is 22.3. The molecule has 6 rings (SSSR count). The normalized spacial score (nSPS) is 16.9. The second-order valence-corrected chi connectivity index (χ2v) is 10.1. The van der Waals surface area contributed by atoms with Crippen LogP contribution in [0.1, 0.15) is 52.6 Å². The summed E-state index contributed by atoms with van der Waals surface area (Å²) in [4.78, 5) is 60.6. The number of imidazole rings is 1. The summed E-state index contributed by atoms with van der Waals surface area (Å²) >= 11 is 0. The van der Waals surface area contributed by atoms with Gasteiger partial charge in [-0.1, -0.05) is 6.07 Å². The standard InChI is InChI=1S/C29H24F2N6O5/c1-42-28(40)16-3-2-4-21(11-16)36-25-22(12-18(31)13-32-25)27(39)37(29(36)41)20-8-6-19(7-9-20)33-26(38)23-15-35-14-17(30)5-10-24(35)34-23/h2-5,10-15,19-20H,6-9H2,1H3,(H,33,38). The predicted molar refractivity (Wildman–Crippen MR) is 147 cm³/mol. The number of aromatic nitrogens is 5. The Balaban J connectivity index is 1.30. The summed E-state index contributed by atoms with van der Waals surface area (Å²) in [6, 6.07) is 9.09. The maximum atomic E-state index is 14.2. The van der Waals surface area contributed by atoms with Gasteiger partial charge in [-0.15, -0.1) is 0 Å². The summed E-state index contributed by atoms with van der Waals surface area (Å²) in [5, 5.41) is 2.84. The van der Waals surface area contributed by atoms with Crippen molar-refractivity contribution in [1.82, 2.24) is 28.8 Å². The molecular formula is C29H24F2N6O5. The number of benzene rings is 1. The lowest BCUT2D eigenvalue weighted by Crippen LogP contribution is -2.45. The summed E-state index contributed by atoms with van der Waals surface area (Å²) in [7, 11) is 1.23. The van der Waals surface area contributed by atoms with E-state index in [9.17, 15) is 28.0 Å². The van der Waals surface area contributed by atoms with E-state index >= 15 is 0 Å². The number of amides is 1. The smallest absolute Gasteiger partial charge is 0.337 e. The van der Waals surface area contributed by atoms with Crippen molar-refractivity contribution in [1.29, 1.82) is 0 Å². The van der Waals surface area contributed by atoms with E-state index < -0.39 is 40.8 Å². The third-order valence-corrected chi connectivity index (χ3v) is 7.46. The lowest BCUT2D eigenvalue weighted by atomic mass is 9.90. The van der Waals surface area contributed by atoms with Gasteiger partial charge in [-0.05, 0) is 62.1 Å². The Morgan fingerprint density at radius 1 is 1.00 bits per heavy atom. The van der Waals surface area contributed by atoms with Gasteiger partial charge in [0.2, 0.25) is 0 Å². The minimum atomic E-state index is -0.735. The van der Waals surface area contributed by atoms with Crippen molar-refractivity contribution in [3.63, 3.8) is 0 Å². The van der Waals surface area contributed by atoms with E-state index in [1.54, 1.807) is 12.1 Å². The number of carbonyl (C=O) groups is 2. The molecule has 1 aliphatic carbocycles. The molecule has 42 heavy (non-hydrogen) atoms. The van der Waals surface area contributed by atoms with E-state index in [1.165, 1.54) is 52.7 Å². The number of methoxy groups -OCH3 is 1. The van der Waals surface area contributed by atoms with Crippen LogP contribution < -0.4 is 16.6 Å². The van der Waals surface area contributed by atoms with E-state index in [-0.39, 0.29) is 34.0 Å². The van der Waals surface area contributed by atoms with Crippen LogP contribution in [-0.4, -0.2) is 48.5 Å². The Hall–Kier alpha value is -5.20. The molecule has 4 heterocycles. The molecule has 1 saturated carbocycles. The summed E-state index contributed by atoms with van der Waals surface area (Å²) in [6.45, 7) is 0. The van der Waals surface area contributed by atoms with Crippen molar-refractivity contribution in [2.45, 2.75) is 37.8 Å². The number of carbonyl (C=O) groups excluding carboxylic acids is 2. The quantitative estimate of drug-likeness (QED) is 0.319. The number of nitrogens with zero attached hydrogens (tertiary/aromatic N) is 5. The molecular weight excluding hydrogens is 550 g/mol. The van der Waals surface area contributed by atoms with Gasteiger partial charge in [-0.25, -0.2) is 32.9 Å². The van der Waals surface area contributed by atoms with E-state index in [2.05, 4.69) is 15.3 Å². The van der Waals surface area contributed by atoms with E-state index in [0.29, 0.717) is 31.3 Å². The first-order valence-corrected chi connectivity index (χ1v) is 13.2. The number of esters is 1. The lowest BCUT2D eigenvalue weighted by Gasteiger charge is -2.30. The highest BCUT2D eigenvalue weighted by Gasteiger charge is 2.28. The highest BCUT2D eigenvalue weighted by atomic mass is 19.1. The molecule has 214 valence electrons. The van der Waals surface area contributed by atoms with Crippen molar-refractivity contribution in [3.8, 4) is 5.69 Å². The van der Waals surface area contributed by atoms with Crippen LogP contribution in [0.3, 0.4) is 0 Å². The van der Waals surface area contributed by atoms with Gasteiger partial charge in [0.25, 0.3) is 11.5 Å². The Bertz CT molecular complexity index is 1990. The van der Waals surface area contributed by atoms with Crippen LogP contribution in [0.15, 0.2) is 70.6 Å². The molecule has 1 amide bonds. The number of nitrogens with one attached hydrogen (secondary N) is 1. The second-order valence-electron chi connectivity index (χ2n) is 10.1. The third kappa shape index (κ3) is 4.82. The Morgan fingerprint density at radius 3 is 2.55 bits per heavy atom. The fourth-order valence-electron chi connectivity index (χ4n) is 5.44. The van der Waals surface area contributed by atoms with E-state index in [4.69, 9.17) is 4.74 Å². The number of hydrogen-bond donors (Lipinski definition) is 1.